The highest BCUT2D eigenvalue weighted by molar-refractivity contribution is 5.74. The van der Waals surface area contributed by atoms with Gasteiger partial charge in [0.05, 0.1) is 12.6 Å². The molecule has 1 fully saturated rings. The summed E-state index contributed by atoms with van der Waals surface area (Å²) in [4.78, 5) is 16.5. The van der Waals surface area contributed by atoms with Crippen LogP contribution in [-0.2, 0) is 0 Å². The number of carbonyl (C=O) groups excluding carboxylic acids is 1. The molecule has 0 spiro atoms. The highest BCUT2D eigenvalue weighted by Gasteiger charge is 2.21. The van der Waals surface area contributed by atoms with Gasteiger partial charge in [-0.05, 0) is 38.1 Å². The number of piperazine rings is 1. The van der Waals surface area contributed by atoms with Crippen LogP contribution in [0.3, 0.4) is 0 Å². The number of carbonyl (C=O) groups is 1. The van der Waals surface area contributed by atoms with E-state index in [0.29, 0.717) is 6.61 Å². The van der Waals surface area contributed by atoms with Crippen LogP contribution in [0.25, 0.3) is 0 Å². The summed E-state index contributed by atoms with van der Waals surface area (Å²) in [7, 11) is 2.09. The molecule has 22 heavy (non-hydrogen) atoms. The molecular weight excluding hydrogens is 278 g/mol. The molecule has 5 nitrogen and oxygen atoms in total. The molecule has 1 aliphatic rings. The highest BCUT2D eigenvalue weighted by Crippen LogP contribution is 2.20. The van der Waals surface area contributed by atoms with Crippen LogP contribution < -0.4 is 10.1 Å². The van der Waals surface area contributed by atoms with Crippen molar-refractivity contribution < 1.29 is 9.53 Å². The standard InChI is InChI=1S/C17H27N3O2/c1-4-16(14-6-8-15(9-7-14)22-5-2)18-17(21)20-12-10-19(3)11-13-20/h6-9,16H,4-5,10-13H2,1-3H3,(H,18,21)/t16-/m1/s1. The number of nitrogens with one attached hydrogen (secondary N) is 1. The van der Waals surface area contributed by atoms with Crippen molar-refractivity contribution in [2.45, 2.75) is 26.3 Å². The lowest BCUT2D eigenvalue weighted by Crippen LogP contribution is -2.51. The SMILES string of the molecule is CCOc1ccc([C@@H](CC)NC(=O)N2CCN(C)CC2)cc1. The smallest absolute Gasteiger partial charge is 0.317 e. The Morgan fingerprint density at radius 1 is 1.18 bits per heavy atom. The molecule has 2 amide bonds. The Bertz CT molecular complexity index is 467. The van der Waals surface area contributed by atoms with Gasteiger partial charge >= 0.3 is 6.03 Å². The van der Waals surface area contributed by atoms with Gasteiger partial charge in [0.1, 0.15) is 5.75 Å². The van der Waals surface area contributed by atoms with Gasteiger partial charge in [-0.15, -0.1) is 0 Å². The Balaban J connectivity index is 1.94. The summed E-state index contributed by atoms with van der Waals surface area (Å²) in [6.07, 6.45) is 0.869. The molecule has 1 aromatic rings. The van der Waals surface area contributed by atoms with E-state index in [4.69, 9.17) is 4.74 Å². The number of benzene rings is 1. The van der Waals surface area contributed by atoms with Crippen molar-refractivity contribution in [3.8, 4) is 5.75 Å². The van der Waals surface area contributed by atoms with Crippen LogP contribution in [0.5, 0.6) is 5.75 Å². The summed E-state index contributed by atoms with van der Waals surface area (Å²) in [5, 5.41) is 3.15. The minimum Gasteiger partial charge on any atom is -0.494 e. The number of amides is 2. The van der Waals surface area contributed by atoms with Crippen molar-refractivity contribution in [1.82, 2.24) is 15.1 Å². The van der Waals surface area contributed by atoms with Gasteiger partial charge < -0.3 is 19.9 Å². The third-order valence-electron chi connectivity index (χ3n) is 4.09. The fraction of sp³-hybridized carbons (Fsp3) is 0.588. The third-order valence-corrected chi connectivity index (χ3v) is 4.09. The van der Waals surface area contributed by atoms with Crippen LogP contribution in [0.15, 0.2) is 24.3 Å². The van der Waals surface area contributed by atoms with Crippen LogP contribution in [0.1, 0.15) is 31.9 Å². The molecule has 1 aliphatic heterocycles. The maximum Gasteiger partial charge on any atom is 0.317 e. The summed E-state index contributed by atoms with van der Waals surface area (Å²) in [6.45, 7) is 8.19. The number of hydrogen-bond acceptors (Lipinski definition) is 3. The molecule has 2 rings (SSSR count). The number of ether oxygens (including phenoxy) is 1. The minimum atomic E-state index is 0.0360. The number of rotatable bonds is 5. The maximum atomic E-state index is 12.4. The molecule has 1 heterocycles. The predicted molar refractivity (Wildman–Crippen MR) is 88.2 cm³/mol. The fourth-order valence-electron chi connectivity index (χ4n) is 2.63. The second-order valence-corrected chi connectivity index (χ2v) is 5.70. The van der Waals surface area contributed by atoms with E-state index in [9.17, 15) is 4.79 Å². The van der Waals surface area contributed by atoms with Crippen molar-refractivity contribution in [3.05, 3.63) is 29.8 Å². The molecule has 0 bridgehead atoms. The van der Waals surface area contributed by atoms with E-state index in [1.54, 1.807) is 0 Å². The van der Waals surface area contributed by atoms with Gasteiger partial charge in [0.25, 0.3) is 0 Å². The van der Waals surface area contributed by atoms with Crippen LogP contribution in [-0.4, -0.2) is 55.7 Å². The fourth-order valence-corrected chi connectivity index (χ4v) is 2.63. The number of urea groups is 1. The zero-order valence-corrected chi connectivity index (χ0v) is 13.8. The molecule has 122 valence electrons. The van der Waals surface area contributed by atoms with Gasteiger partial charge in [0.15, 0.2) is 0 Å². The zero-order valence-electron chi connectivity index (χ0n) is 13.8. The Morgan fingerprint density at radius 3 is 2.36 bits per heavy atom. The Labute approximate surface area is 133 Å². The van der Waals surface area contributed by atoms with Gasteiger partial charge in [0, 0.05) is 26.2 Å². The van der Waals surface area contributed by atoms with Gasteiger partial charge in [-0.1, -0.05) is 19.1 Å². The minimum absolute atomic E-state index is 0.0360. The quantitative estimate of drug-likeness (QED) is 0.909. The lowest BCUT2D eigenvalue weighted by atomic mass is 10.0. The molecule has 1 atom stereocenters. The van der Waals surface area contributed by atoms with Crippen molar-refractivity contribution in [3.63, 3.8) is 0 Å². The Hall–Kier alpha value is -1.75. The molecule has 0 saturated carbocycles. The molecule has 0 radical (unpaired) electrons. The first-order valence-corrected chi connectivity index (χ1v) is 8.10. The largest absolute Gasteiger partial charge is 0.494 e. The normalized spacial score (nSPS) is 17.1. The average Bonchev–Trinajstić information content (AvgIpc) is 2.54. The monoisotopic (exact) mass is 305 g/mol. The first kappa shape index (κ1) is 16.6. The van der Waals surface area contributed by atoms with Crippen LogP contribution in [0, 0.1) is 0 Å². The first-order chi connectivity index (χ1) is 10.6. The van der Waals surface area contributed by atoms with E-state index >= 15 is 0 Å². The van der Waals surface area contributed by atoms with Gasteiger partial charge in [-0.2, -0.15) is 0 Å². The molecule has 0 aliphatic carbocycles. The molecule has 5 heteroatoms. The van der Waals surface area contributed by atoms with E-state index in [1.807, 2.05) is 36.1 Å². The highest BCUT2D eigenvalue weighted by atomic mass is 16.5. The van der Waals surface area contributed by atoms with Gasteiger partial charge in [-0.25, -0.2) is 4.79 Å². The lowest BCUT2D eigenvalue weighted by molar-refractivity contribution is 0.151. The van der Waals surface area contributed by atoms with E-state index in [-0.39, 0.29) is 12.1 Å². The molecule has 0 aromatic heterocycles. The number of hydrogen-bond donors (Lipinski definition) is 1. The van der Waals surface area contributed by atoms with Crippen molar-refractivity contribution in [2.24, 2.45) is 0 Å². The van der Waals surface area contributed by atoms with E-state index in [2.05, 4.69) is 24.2 Å². The lowest BCUT2D eigenvalue weighted by Gasteiger charge is -2.33. The summed E-state index contributed by atoms with van der Waals surface area (Å²) in [5.41, 5.74) is 1.12. The second-order valence-electron chi connectivity index (χ2n) is 5.70. The van der Waals surface area contributed by atoms with Crippen molar-refractivity contribution >= 4 is 6.03 Å². The third kappa shape index (κ3) is 4.37. The van der Waals surface area contributed by atoms with Gasteiger partial charge in [-0.3, -0.25) is 0 Å². The topological polar surface area (TPSA) is 44.8 Å². The van der Waals surface area contributed by atoms with E-state index < -0.39 is 0 Å². The summed E-state index contributed by atoms with van der Waals surface area (Å²) >= 11 is 0. The first-order valence-electron chi connectivity index (χ1n) is 8.10. The van der Waals surface area contributed by atoms with Crippen molar-refractivity contribution in [2.75, 3.05) is 39.8 Å². The van der Waals surface area contributed by atoms with Gasteiger partial charge in [0.2, 0.25) is 0 Å². The molecule has 1 aromatic carbocycles. The Kier molecular flexibility index (Phi) is 6.07. The predicted octanol–water partition coefficient (Wildman–Crippen LogP) is 2.49. The van der Waals surface area contributed by atoms with E-state index in [1.165, 1.54) is 0 Å². The zero-order chi connectivity index (χ0) is 15.9. The molecular formula is C17H27N3O2. The number of likely N-dealkylation sites (N-methyl/N-ethyl adjacent to an activating group) is 1. The molecule has 0 unspecified atom stereocenters. The average molecular weight is 305 g/mol. The second kappa shape index (κ2) is 8.03. The summed E-state index contributed by atoms with van der Waals surface area (Å²) in [5.74, 6) is 0.867. The van der Waals surface area contributed by atoms with Crippen LogP contribution >= 0.6 is 0 Å². The van der Waals surface area contributed by atoms with Crippen LogP contribution in [0.2, 0.25) is 0 Å². The van der Waals surface area contributed by atoms with Crippen molar-refractivity contribution in [1.29, 1.82) is 0 Å². The summed E-state index contributed by atoms with van der Waals surface area (Å²) < 4.78 is 5.46. The number of nitrogens with zero attached hydrogens (tertiary/aromatic N) is 2. The maximum absolute atomic E-state index is 12.4. The molecule has 1 saturated heterocycles. The Morgan fingerprint density at radius 2 is 1.82 bits per heavy atom. The summed E-state index contributed by atoms with van der Waals surface area (Å²) in [6, 6.07) is 8.07. The van der Waals surface area contributed by atoms with Crippen LogP contribution in [0.4, 0.5) is 4.79 Å². The molecule has 1 N–H and O–H groups in total. The van der Waals surface area contributed by atoms with E-state index in [0.717, 1.165) is 43.9 Å².